The highest BCUT2D eigenvalue weighted by atomic mass is 15.3. The Morgan fingerprint density at radius 2 is 2.05 bits per heavy atom. The molecule has 0 aromatic carbocycles. The van der Waals surface area contributed by atoms with E-state index in [9.17, 15) is 0 Å². The second-order valence-electron chi connectivity index (χ2n) is 4.64. The van der Waals surface area contributed by atoms with Crippen LogP contribution in [0.25, 0.3) is 11.2 Å². The Labute approximate surface area is 112 Å². The Kier molecular flexibility index (Phi) is 3.20. The molecule has 1 aliphatic rings. The van der Waals surface area contributed by atoms with Gasteiger partial charge in [-0.25, -0.2) is 4.98 Å². The zero-order valence-corrected chi connectivity index (χ0v) is 11.3. The number of fused-ring (bicyclic) bond motifs is 1. The number of nitrogens with one attached hydrogen (secondary N) is 2. The van der Waals surface area contributed by atoms with E-state index in [0.717, 1.165) is 44.1 Å². The van der Waals surface area contributed by atoms with Gasteiger partial charge in [0.1, 0.15) is 5.52 Å². The van der Waals surface area contributed by atoms with Crippen LogP contribution in [0.3, 0.4) is 0 Å². The highest BCUT2D eigenvalue weighted by molar-refractivity contribution is 5.84. The molecule has 0 aliphatic carbocycles. The number of H-pyrrole nitrogens is 1. The summed E-state index contributed by atoms with van der Waals surface area (Å²) in [5.41, 5.74) is 1.64. The van der Waals surface area contributed by atoms with E-state index < -0.39 is 0 Å². The van der Waals surface area contributed by atoms with Crippen LogP contribution in [-0.4, -0.2) is 64.6 Å². The normalized spacial score (nSPS) is 17.1. The Bertz CT molecular complexity index is 556. The first-order valence-corrected chi connectivity index (χ1v) is 6.68. The number of nitrogens with zero attached hydrogens (tertiary/aromatic N) is 5. The van der Waals surface area contributed by atoms with Crippen molar-refractivity contribution in [1.29, 1.82) is 0 Å². The fourth-order valence-corrected chi connectivity index (χ4v) is 2.43. The number of hydrogen-bond acceptors (Lipinski definition) is 6. The summed E-state index contributed by atoms with van der Waals surface area (Å²) in [7, 11) is 1.83. The van der Waals surface area contributed by atoms with Gasteiger partial charge in [0.05, 0.1) is 6.33 Å². The van der Waals surface area contributed by atoms with E-state index in [1.807, 2.05) is 7.05 Å². The lowest BCUT2D eigenvalue weighted by atomic mass is 10.3. The molecule has 7 nitrogen and oxygen atoms in total. The van der Waals surface area contributed by atoms with Gasteiger partial charge in [-0.2, -0.15) is 9.97 Å². The third kappa shape index (κ3) is 2.21. The summed E-state index contributed by atoms with van der Waals surface area (Å²) in [6, 6.07) is 0. The molecule has 0 unspecified atom stereocenters. The van der Waals surface area contributed by atoms with Crippen molar-refractivity contribution in [2.75, 3.05) is 50.0 Å². The Balaban J connectivity index is 1.93. The maximum atomic E-state index is 4.58. The second-order valence-corrected chi connectivity index (χ2v) is 4.64. The lowest BCUT2D eigenvalue weighted by Gasteiger charge is -2.34. The Morgan fingerprint density at radius 3 is 2.74 bits per heavy atom. The molecule has 0 spiro atoms. The quantitative estimate of drug-likeness (QED) is 0.840. The maximum Gasteiger partial charge on any atom is 0.226 e. The lowest BCUT2D eigenvalue weighted by molar-refractivity contribution is 0.271. The third-order valence-electron chi connectivity index (χ3n) is 3.61. The zero-order valence-electron chi connectivity index (χ0n) is 11.3. The minimum absolute atomic E-state index is 0.618. The monoisotopic (exact) mass is 261 g/mol. The van der Waals surface area contributed by atoms with E-state index in [-0.39, 0.29) is 0 Å². The minimum Gasteiger partial charge on any atom is -0.357 e. The molecule has 2 aromatic heterocycles. The van der Waals surface area contributed by atoms with Crippen molar-refractivity contribution in [3.05, 3.63) is 6.33 Å². The van der Waals surface area contributed by atoms with Gasteiger partial charge in [-0.1, -0.05) is 6.92 Å². The summed E-state index contributed by atoms with van der Waals surface area (Å²) in [6.07, 6.45) is 1.67. The van der Waals surface area contributed by atoms with Crippen LogP contribution in [0.2, 0.25) is 0 Å². The first kappa shape index (κ1) is 12.2. The molecule has 0 saturated carbocycles. The Morgan fingerprint density at radius 1 is 1.26 bits per heavy atom. The summed E-state index contributed by atoms with van der Waals surface area (Å²) in [5.74, 6) is 1.56. The molecule has 7 heteroatoms. The molecule has 0 amide bonds. The van der Waals surface area contributed by atoms with E-state index in [1.54, 1.807) is 6.33 Å². The Hall–Kier alpha value is -1.89. The first-order valence-electron chi connectivity index (χ1n) is 6.68. The predicted molar refractivity (Wildman–Crippen MR) is 75.6 cm³/mol. The van der Waals surface area contributed by atoms with Crippen LogP contribution in [0.4, 0.5) is 11.8 Å². The topological polar surface area (TPSA) is 73.0 Å². The van der Waals surface area contributed by atoms with E-state index >= 15 is 0 Å². The minimum atomic E-state index is 0.618. The van der Waals surface area contributed by atoms with Crippen molar-refractivity contribution in [2.45, 2.75) is 6.92 Å². The molecule has 1 aliphatic heterocycles. The summed E-state index contributed by atoms with van der Waals surface area (Å²) in [4.78, 5) is 21.0. The second kappa shape index (κ2) is 5.00. The average molecular weight is 261 g/mol. The molecule has 2 N–H and O–H groups in total. The fourth-order valence-electron chi connectivity index (χ4n) is 2.43. The number of aromatic nitrogens is 4. The number of imidazole rings is 1. The molecule has 0 radical (unpaired) electrons. The number of likely N-dealkylation sites (N-methyl/N-ethyl adjacent to an activating group) is 1. The molecule has 1 saturated heterocycles. The van der Waals surface area contributed by atoms with Crippen molar-refractivity contribution >= 4 is 22.9 Å². The van der Waals surface area contributed by atoms with Gasteiger partial charge in [0.15, 0.2) is 11.5 Å². The maximum absolute atomic E-state index is 4.58. The predicted octanol–water partition coefficient (Wildman–Crippen LogP) is 0.536. The van der Waals surface area contributed by atoms with Crippen molar-refractivity contribution in [3.8, 4) is 0 Å². The largest absolute Gasteiger partial charge is 0.357 e. The third-order valence-corrected chi connectivity index (χ3v) is 3.61. The van der Waals surface area contributed by atoms with Crippen LogP contribution >= 0.6 is 0 Å². The van der Waals surface area contributed by atoms with Gasteiger partial charge < -0.3 is 20.1 Å². The summed E-state index contributed by atoms with van der Waals surface area (Å²) in [5, 5.41) is 3.00. The zero-order chi connectivity index (χ0) is 13.2. The van der Waals surface area contributed by atoms with Crippen molar-refractivity contribution < 1.29 is 0 Å². The van der Waals surface area contributed by atoms with Crippen LogP contribution in [0, 0.1) is 0 Å². The van der Waals surface area contributed by atoms with Crippen LogP contribution < -0.4 is 10.2 Å². The molecule has 0 atom stereocenters. The summed E-state index contributed by atoms with van der Waals surface area (Å²) >= 11 is 0. The molecular formula is C12H19N7. The molecule has 3 rings (SSSR count). The van der Waals surface area contributed by atoms with Crippen LogP contribution in [0.1, 0.15) is 6.92 Å². The number of aromatic amines is 1. The van der Waals surface area contributed by atoms with Crippen LogP contribution in [0.15, 0.2) is 6.33 Å². The van der Waals surface area contributed by atoms with Crippen LogP contribution in [-0.2, 0) is 0 Å². The smallest absolute Gasteiger partial charge is 0.226 e. The molecule has 1 fully saturated rings. The molecule has 102 valence electrons. The van der Waals surface area contributed by atoms with E-state index in [4.69, 9.17) is 0 Å². The summed E-state index contributed by atoms with van der Waals surface area (Å²) in [6.45, 7) is 7.44. The molecule has 3 heterocycles. The van der Waals surface area contributed by atoms with Gasteiger partial charge in [0.25, 0.3) is 0 Å². The number of rotatable bonds is 3. The molecule has 19 heavy (non-hydrogen) atoms. The highest BCUT2D eigenvalue weighted by Gasteiger charge is 2.20. The van der Waals surface area contributed by atoms with E-state index in [2.05, 4.69) is 42.0 Å². The lowest BCUT2D eigenvalue weighted by Crippen LogP contribution is -2.46. The van der Waals surface area contributed by atoms with Crippen molar-refractivity contribution in [2.24, 2.45) is 0 Å². The van der Waals surface area contributed by atoms with Gasteiger partial charge in [-0.3, -0.25) is 0 Å². The van der Waals surface area contributed by atoms with Gasteiger partial charge in [-0.05, 0) is 6.54 Å². The number of piperazine rings is 1. The van der Waals surface area contributed by atoms with Gasteiger partial charge in [0.2, 0.25) is 5.95 Å². The van der Waals surface area contributed by atoms with Crippen molar-refractivity contribution in [3.63, 3.8) is 0 Å². The first-order chi connectivity index (χ1) is 9.31. The van der Waals surface area contributed by atoms with Crippen LogP contribution in [0.5, 0.6) is 0 Å². The molecular weight excluding hydrogens is 242 g/mol. The van der Waals surface area contributed by atoms with E-state index in [0.29, 0.717) is 11.6 Å². The fraction of sp³-hybridized carbons (Fsp3) is 0.583. The molecule has 2 aromatic rings. The average Bonchev–Trinajstić information content (AvgIpc) is 2.94. The summed E-state index contributed by atoms with van der Waals surface area (Å²) < 4.78 is 0. The number of anilines is 2. The SMILES string of the molecule is CCN1CCN(c2nc(NC)nc3nc[nH]c23)CC1. The molecule has 0 bridgehead atoms. The van der Waals surface area contributed by atoms with Crippen molar-refractivity contribution in [1.82, 2.24) is 24.8 Å². The van der Waals surface area contributed by atoms with E-state index in [1.165, 1.54) is 0 Å². The number of hydrogen-bond donors (Lipinski definition) is 2. The van der Waals surface area contributed by atoms with Gasteiger partial charge >= 0.3 is 0 Å². The van der Waals surface area contributed by atoms with Gasteiger partial charge in [-0.15, -0.1) is 0 Å². The highest BCUT2D eigenvalue weighted by Crippen LogP contribution is 2.23. The standard InChI is InChI=1S/C12H19N7/c1-3-18-4-6-19(7-5-18)11-9-10(15-8-14-9)16-12(13-2)17-11/h8H,3-7H2,1-2H3,(H2,13,14,15,16,17). The van der Waals surface area contributed by atoms with Gasteiger partial charge in [0, 0.05) is 33.2 Å².